The fourth-order valence-electron chi connectivity index (χ4n) is 2.81. The van der Waals surface area contributed by atoms with Crippen LogP contribution in [-0.4, -0.2) is 28.6 Å². The van der Waals surface area contributed by atoms with E-state index >= 15 is 0 Å². The SMILES string of the molecule is Cc1cc(-c2cc(C(=O)NCCC(C)N)c3c(C)noc3n2)c(C)s1. The van der Waals surface area contributed by atoms with Gasteiger partial charge in [0, 0.05) is 27.9 Å². The molecule has 3 heterocycles. The first-order valence-electron chi connectivity index (χ1n) is 8.25. The van der Waals surface area contributed by atoms with Crippen molar-refractivity contribution in [1.82, 2.24) is 15.5 Å². The van der Waals surface area contributed by atoms with Crippen molar-refractivity contribution in [3.63, 3.8) is 0 Å². The third kappa shape index (κ3) is 3.57. The molecule has 0 saturated carbocycles. The number of rotatable bonds is 5. The lowest BCUT2D eigenvalue weighted by Gasteiger charge is -2.09. The van der Waals surface area contributed by atoms with E-state index in [0.717, 1.165) is 22.6 Å². The van der Waals surface area contributed by atoms with Gasteiger partial charge >= 0.3 is 0 Å². The summed E-state index contributed by atoms with van der Waals surface area (Å²) in [5.41, 5.74) is 9.07. The van der Waals surface area contributed by atoms with Crippen LogP contribution in [0.1, 0.15) is 39.2 Å². The van der Waals surface area contributed by atoms with Gasteiger partial charge < -0.3 is 15.6 Å². The minimum Gasteiger partial charge on any atom is -0.352 e. The Bertz CT molecular complexity index is 927. The van der Waals surface area contributed by atoms with Gasteiger partial charge in [0.1, 0.15) is 0 Å². The number of nitrogens with one attached hydrogen (secondary N) is 1. The van der Waals surface area contributed by atoms with Gasteiger partial charge in [0.05, 0.1) is 22.3 Å². The predicted octanol–water partition coefficient (Wildman–Crippen LogP) is 3.34. The number of aromatic nitrogens is 2. The number of nitrogens with zero attached hydrogens (tertiary/aromatic N) is 2. The summed E-state index contributed by atoms with van der Waals surface area (Å²) in [5, 5.41) is 7.56. The van der Waals surface area contributed by atoms with Crippen LogP contribution in [0.3, 0.4) is 0 Å². The highest BCUT2D eigenvalue weighted by Crippen LogP contribution is 2.32. The fraction of sp³-hybridized carbons (Fsp3) is 0.389. The number of nitrogens with two attached hydrogens (primary N) is 1. The second-order valence-corrected chi connectivity index (χ2v) is 7.81. The molecule has 25 heavy (non-hydrogen) atoms. The van der Waals surface area contributed by atoms with Gasteiger partial charge in [0.2, 0.25) is 0 Å². The number of amides is 1. The first kappa shape index (κ1) is 17.6. The van der Waals surface area contributed by atoms with Crippen molar-refractivity contribution >= 4 is 28.3 Å². The second kappa shape index (κ2) is 6.93. The molecule has 3 aromatic heterocycles. The van der Waals surface area contributed by atoms with Crippen molar-refractivity contribution in [3.05, 3.63) is 33.1 Å². The minimum atomic E-state index is -0.162. The highest BCUT2D eigenvalue weighted by atomic mass is 32.1. The summed E-state index contributed by atoms with van der Waals surface area (Å²) < 4.78 is 5.33. The molecule has 1 atom stereocenters. The summed E-state index contributed by atoms with van der Waals surface area (Å²) in [7, 11) is 0. The van der Waals surface area contributed by atoms with Crippen LogP contribution in [0.5, 0.6) is 0 Å². The number of carbonyl (C=O) groups excluding carboxylic acids is 1. The molecule has 7 heteroatoms. The molecule has 0 radical (unpaired) electrons. The van der Waals surface area contributed by atoms with Crippen molar-refractivity contribution < 1.29 is 9.32 Å². The normalized spacial score (nSPS) is 12.5. The molecule has 3 N–H and O–H groups in total. The molecule has 0 aliphatic heterocycles. The fourth-order valence-corrected chi connectivity index (χ4v) is 3.74. The van der Waals surface area contributed by atoms with Crippen molar-refractivity contribution in [2.75, 3.05) is 6.54 Å². The summed E-state index contributed by atoms with van der Waals surface area (Å²) in [6.07, 6.45) is 0.721. The van der Waals surface area contributed by atoms with Gasteiger partial charge in [-0.25, -0.2) is 4.98 Å². The Hall–Kier alpha value is -2.25. The summed E-state index contributed by atoms with van der Waals surface area (Å²) in [6.45, 7) is 8.36. The number of aryl methyl sites for hydroxylation is 3. The van der Waals surface area contributed by atoms with E-state index in [-0.39, 0.29) is 11.9 Å². The average molecular weight is 358 g/mol. The molecule has 6 nitrogen and oxygen atoms in total. The van der Waals surface area contributed by atoms with Crippen molar-refractivity contribution in [1.29, 1.82) is 0 Å². The Balaban J connectivity index is 2.05. The third-order valence-corrected chi connectivity index (χ3v) is 5.03. The maximum absolute atomic E-state index is 12.7. The van der Waals surface area contributed by atoms with Crippen LogP contribution >= 0.6 is 11.3 Å². The minimum absolute atomic E-state index is 0.0436. The van der Waals surface area contributed by atoms with Crippen LogP contribution in [0.25, 0.3) is 22.4 Å². The van der Waals surface area contributed by atoms with Crippen molar-refractivity contribution in [3.8, 4) is 11.3 Å². The highest BCUT2D eigenvalue weighted by Gasteiger charge is 2.20. The monoisotopic (exact) mass is 358 g/mol. The van der Waals surface area contributed by atoms with Gasteiger partial charge in [-0.3, -0.25) is 4.79 Å². The van der Waals surface area contributed by atoms with Gasteiger partial charge in [-0.05, 0) is 46.2 Å². The lowest BCUT2D eigenvalue weighted by molar-refractivity contribution is 0.0954. The zero-order valence-electron chi connectivity index (χ0n) is 14.8. The number of pyridine rings is 1. The van der Waals surface area contributed by atoms with E-state index in [2.05, 4.69) is 28.4 Å². The van der Waals surface area contributed by atoms with Crippen LogP contribution in [0.4, 0.5) is 0 Å². The lowest BCUT2D eigenvalue weighted by atomic mass is 10.1. The van der Waals surface area contributed by atoms with Crippen LogP contribution in [-0.2, 0) is 0 Å². The molecule has 0 bridgehead atoms. The lowest BCUT2D eigenvalue weighted by Crippen LogP contribution is -2.29. The standard InChI is InChI=1S/C18H22N4O2S/c1-9(19)5-6-20-17(23)14-8-15(13-7-10(2)25-12(13)4)21-18-16(14)11(3)22-24-18/h7-9H,5-6,19H2,1-4H3,(H,20,23). The van der Waals surface area contributed by atoms with E-state index in [1.54, 1.807) is 11.3 Å². The Morgan fingerprint density at radius 2 is 2.12 bits per heavy atom. The molecule has 3 aromatic rings. The van der Waals surface area contributed by atoms with Crippen molar-refractivity contribution in [2.24, 2.45) is 5.73 Å². The number of hydrogen-bond donors (Lipinski definition) is 2. The second-order valence-electron chi connectivity index (χ2n) is 6.35. The van der Waals surface area contributed by atoms with E-state index in [4.69, 9.17) is 10.3 Å². The largest absolute Gasteiger partial charge is 0.352 e. The maximum Gasteiger partial charge on any atom is 0.259 e. The van der Waals surface area contributed by atoms with Gasteiger partial charge in [-0.15, -0.1) is 11.3 Å². The average Bonchev–Trinajstić information content (AvgIpc) is 3.08. The van der Waals surface area contributed by atoms with Crippen molar-refractivity contribution in [2.45, 2.75) is 40.2 Å². The first-order chi connectivity index (χ1) is 11.9. The molecular formula is C18H22N4O2S. The topological polar surface area (TPSA) is 94.0 Å². The van der Waals surface area contributed by atoms with Crippen LogP contribution in [0.15, 0.2) is 16.7 Å². The summed E-state index contributed by atoms with van der Waals surface area (Å²) in [5.74, 6) is -0.162. The molecule has 0 aliphatic rings. The zero-order valence-corrected chi connectivity index (χ0v) is 15.7. The Labute approximate surface area is 150 Å². The molecule has 0 aromatic carbocycles. The van der Waals surface area contributed by atoms with Crippen LogP contribution < -0.4 is 11.1 Å². The molecule has 0 aliphatic carbocycles. The van der Waals surface area contributed by atoms with Crippen LogP contribution in [0, 0.1) is 20.8 Å². The number of thiophene rings is 1. The van der Waals surface area contributed by atoms with E-state index in [0.29, 0.717) is 28.9 Å². The Kier molecular flexibility index (Phi) is 4.87. The van der Waals surface area contributed by atoms with E-state index in [1.807, 2.05) is 26.8 Å². The van der Waals surface area contributed by atoms with Gasteiger partial charge in [0.15, 0.2) is 0 Å². The highest BCUT2D eigenvalue weighted by molar-refractivity contribution is 7.12. The number of fused-ring (bicyclic) bond motifs is 1. The molecule has 0 saturated heterocycles. The molecule has 1 unspecified atom stereocenters. The zero-order chi connectivity index (χ0) is 18.1. The molecule has 0 fully saturated rings. The molecule has 0 spiro atoms. The van der Waals surface area contributed by atoms with Gasteiger partial charge in [-0.1, -0.05) is 5.16 Å². The first-order valence-corrected chi connectivity index (χ1v) is 9.06. The summed E-state index contributed by atoms with van der Waals surface area (Å²) >= 11 is 1.71. The molecule has 3 rings (SSSR count). The van der Waals surface area contributed by atoms with Gasteiger partial charge in [0.25, 0.3) is 11.6 Å². The van der Waals surface area contributed by atoms with E-state index in [9.17, 15) is 4.79 Å². The predicted molar refractivity (Wildman–Crippen MR) is 99.9 cm³/mol. The number of hydrogen-bond acceptors (Lipinski definition) is 6. The molecular weight excluding hydrogens is 336 g/mol. The molecule has 1 amide bonds. The quantitative estimate of drug-likeness (QED) is 0.729. The summed E-state index contributed by atoms with van der Waals surface area (Å²) in [6, 6.07) is 3.94. The number of carbonyl (C=O) groups is 1. The smallest absolute Gasteiger partial charge is 0.259 e. The Morgan fingerprint density at radius 1 is 1.36 bits per heavy atom. The van der Waals surface area contributed by atoms with Crippen LogP contribution in [0.2, 0.25) is 0 Å². The van der Waals surface area contributed by atoms with E-state index in [1.165, 1.54) is 4.88 Å². The maximum atomic E-state index is 12.7. The molecule has 132 valence electrons. The van der Waals surface area contributed by atoms with Gasteiger partial charge in [-0.2, -0.15) is 0 Å². The summed E-state index contributed by atoms with van der Waals surface area (Å²) in [4.78, 5) is 19.6. The Morgan fingerprint density at radius 3 is 2.76 bits per heavy atom. The third-order valence-electron chi connectivity index (χ3n) is 4.06. The van der Waals surface area contributed by atoms with E-state index < -0.39 is 0 Å².